The molecule has 4 rings (SSSR count). The Balaban J connectivity index is 1.59. The predicted molar refractivity (Wildman–Crippen MR) is 114 cm³/mol. The van der Waals surface area contributed by atoms with Crippen molar-refractivity contribution in [2.75, 3.05) is 6.26 Å². The fourth-order valence-corrected chi connectivity index (χ4v) is 3.75. The molecule has 0 aliphatic rings. The van der Waals surface area contributed by atoms with Gasteiger partial charge in [0, 0.05) is 43.1 Å². The van der Waals surface area contributed by atoms with Crippen LogP contribution in [0.2, 0.25) is 0 Å². The lowest BCUT2D eigenvalue weighted by Gasteiger charge is -2.19. The summed E-state index contributed by atoms with van der Waals surface area (Å²) in [6.45, 7) is 0. The van der Waals surface area contributed by atoms with E-state index < -0.39 is 0 Å². The van der Waals surface area contributed by atoms with Crippen LogP contribution in [-0.2, 0) is 7.05 Å². The van der Waals surface area contributed by atoms with Gasteiger partial charge >= 0.3 is 0 Å². The van der Waals surface area contributed by atoms with E-state index in [1.165, 1.54) is 0 Å². The molecule has 0 bridgehead atoms. The number of carbonyl (C=O) groups excluding carboxylic acids is 1. The number of imidazole rings is 2. The highest BCUT2D eigenvalue weighted by Crippen LogP contribution is 2.22. The topological polar surface area (TPSA) is 64.7 Å². The maximum atomic E-state index is 13.0. The molecule has 2 heterocycles. The van der Waals surface area contributed by atoms with Crippen molar-refractivity contribution in [2.45, 2.75) is 11.2 Å². The average molecular weight is 404 g/mol. The third-order valence-corrected chi connectivity index (χ3v) is 5.39. The molecule has 1 unspecified atom stereocenters. The van der Waals surface area contributed by atoms with Crippen molar-refractivity contribution in [3.05, 3.63) is 96.3 Å². The monoisotopic (exact) mass is 403 g/mol. The highest BCUT2D eigenvalue weighted by molar-refractivity contribution is 7.98. The van der Waals surface area contributed by atoms with Gasteiger partial charge in [0.15, 0.2) is 5.16 Å². The molecular weight excluding hydrogens is 382 g/mol. The van der Waals surface area contributed by atoms with E-state index in [4.69, 9.17) is 0 Å². The first-order valence-electron chi connectivity index (χ1n) is 9.18. The van der Waals surface area contributed by atoms with Crippen LogP contribution in [0.1, 0.15) is 27.8 Å². The van der Waals surface area contributed by atoms with Crippen molar-refractivity contribution in [1.29, 1.82) is 0 Å². The Morgan fingerprint density at radius 2 is 1.72 bits per heavy atom. The number of rotatable bonds is 6. The van der Waals surface area contributed by atoms with Gasteiger partial charge in [-0.2, -0.15) is 0 Å². The van der Waals surface area contributed by atoms with Gasteiger partial charge in [0.1, 0.15) is 11.9 Å². The van der Waals surface area contributed by atoms with Gasteiger partial charge in [0.05, 0.1) is 0 Å². The molecule has 7 heteroatoms. The summed E-state index contributed by atoms with van der Waals surface area (Å²) in [6.07, 6.45) is 9.28. The lowest BCUT2D eigenvalue weighted by molar-refractivity contribution is 0.0941. The zero-order valence-electron chi connectivity index (χ0n) is 16.2. The standard InChI is InChI=1S/C22H21N5OS/c1-26-14-12-23-20(26)19(16-6-4-3-5-7-16)25-21(28)17-8-10-18(11-9-17)27-15-13-24-22(27)29-2/h3-15,19H,1-2H3,(H,25,28). The first kappa shape index (κ1) is 19.0. The molecule has 0 aliphatic carbocycles. The summed E-state index contributed by atoms with van der Waals surface area (Å²) < 4.78 is 3.91. The second kappa shape index (κ2) is 8.36. The van der Waals surface area contributed by atoms with Gasteiger partial charge in [-0.15, -0.1) is 0 Å². The number of amides is 1. The van der Waals surface area contributed by atoms with Crippen LogP contribution in [0.3, 0.4) is 0 Å². The van der Waals surface area contributed by atoms with Gasteiger partial charge < -0.3 is 9.88 Å². The van der Waals surface area contributed by atoms with E-state index in [0.717, 1.165) is 22.2 Å². The van der Waals surface area contributed by atoms with Crippen LogP contribution in [0.25, 0.3) is 5.69 Å². The Labute approximate surface area is 173 Å². The number of aromatic nitrogens is 4. The van der Waals surface area contributed by atoms with E-state index in [0.29, 0.717) is 5.56 Å². The Morgan fingerprint density at radius 3 is 2.38 bits per heavy atom. The number of benzene rings is 2. The molecule has 0 fully saturated rings. The van der Waals surface area contributed by atoms with Gasteiger partial charge in [-0.3, -0.25) is 9.36 Å². The summed E-state index contributed by atoms with van der Waals surface area (Å²) in [7, 11) is 1.92. The smallest absolute Gasteiger partial charge is 0.252 e. The Bertz CT molecular complexity index is 1100. The first-order valence-corrected chi connectivity index (χ1v) is 10.4. The molecule has 1 amide bonds. The van der Waals surface area contributed by atoms with Crippen LogP contribution in [-0.4, -0.2) is 31.3 Å². The van der Waals surface area contributed by atoms with Crippen molar-refractivity contribution in [1.82, 2.24) is 24.4 Å². The van der Waals surface area contributed by atoms with Crippen LogP contribution in [0, 0.1) is 0 Å². The molecule has 0 saturated carbocycles. The average Bonchev–Trinajstić information content (AvgIpc) is 3.41. The van der Waals surface area contributed by atoms with E-state index in [1.54, 1.807) is 24.2 Å². The minimum atomic E-state index is -0.333. The summed E-state index contributed by atoms with van der Waals surface area (Å²) in [4.78, 5) is 21.7. The fourth-order valence-electron chi connectivity index (χ4n) is 3.22. The molecule has 2 aromatic carbocycles. The molecule has 4 aromatic rings. The number of nitrogens with one attached hydrogen (secondary N) is 1. The molecule has 146 valence electrons. The zero-order chi connectivity index (χ0) is 20.2. The van der Waals surface area contributed by atoms with E-state index in [1.807, 2.05) is 89.4 Å². The molecule has 0 spiro atoms. The zero-order valence-corrected chi connectivity index (χ0v) is 17.0. The summed E-state index contributed by atoms with van der Waals surface area (Å²) >= 11 is 1.58. The lowest BCUT2D eigenvalue weighted by atomic mass is 10.1. The Kier molecular flexibility index (Phi) is 5.48. The Hall–Kier alpha value is -3.32. The van der Waals surface area contributed by atoms with Crippen molar-refractivity contribution in [2.24, 2.45) is 7.05 Å². The molecule has 0 radical (unpaired) electrons. The van der Waals surface area contributed by atoms with Gasteiger partial charge in [-0.1, -0.05) is 42.1 Å². The molecule has 1 atom stereocenters. The quantitative estimate of drug-likeness (QED) is 0.497. The second-order valence-electron chi connectivity index (χ2n) is 6.54. The summed E-state index contributed by atoms with van der Waals surface area (Å²) in [5.41, 5.74) is 2.54. The van der Waals surface area contributed by atoms with Crippen LogP contribution < -0.4 is 5.32 Å². The molecule has 0 aliphatic heterocycles. The molecule has 2 aromatic heterocycles. The largest absolute Gasteiger partial charge is 0.338 e. The van der Waals surface area contributed by atoms with Crippen LogP contribution in [0.15, 0.2) is 84.5 Å². The Morgan fingerprint density at radius 1 is 1.00 bits per heavy atom. The van der Waals surface area contributed by atoms with Gasteiger partial charge in [0.2, 0.25) is 0 Å². The molecule has 0 saturated heterocycles. The molecular formula is C22H21N5OS. The third kappa shape index (κ3) is 3.95. The first-order chi connectivity index (χ1) is 14.2. The normalized spacial score (nSPS) is 11.9. The van der Waals surface area contributed by atoms with Crippen molar-refractivity contribution < 1.29 is 4.79 Å². The number of carbonyl (C=O) groups is 1. The second-order valence-corrected chi connectivity index (χ2v) is 7.32. The van der Waals surface area contributed by atoms with Gasteiger partial charge in [0.25, 0.3) is 5.91 Å². The molecule has 1 N–H and O–H groups in total. The number of aryl methyl sites for hydroxylation is 1. The van der Waals surface area contributed by atoms with Crippen molar-refractivity contribution in [3.63, 3.8) is 0 Å². The maximum Gasteiger partial charge on any atom is 0.252 e. The lowest BCUT2D eigenvalue weighted by Crippen LogP contribution is -2.31. The van der Waals surface area contributed by atoms with Gasteiger partial charge in [-0.05, 0) is 36.1 Å². The fraction of sp³-hybridized carbons (Fsp3) is 0.136. The van der Waals surface area contributed by atoms with Crippen LogP contribution >= 0.6 is 11.8 Å². The number of hydrogen-bond donors (Lipinski definition) is 1. The van der Waals surface area contributed by atoms with Crippen molar-refractivity contribution >= 4 is 17.7 Å². The summed E-state index contributed by atoms with van der Waals surface area (Å²) in [5.74, 6) is 0.633. The van der Waals surface area contributed by atoms with E-state index in [9.17, 15) is 4.79 Å². The van der Waals surface area contributed by atoms with Gasteiger partial charge in [-0.25, -0.2) is 9.97 Å². The third-order valence-electron chi connectivity index (χ3n) is 4.72. The number of hydrogen-bond acceptors (Lipinski definition) is 4. The minimum absolute atomic E-state index is 0.149. The summed E-state index contributed by atoms with van der Waals surface area (Å²) in [5, 5.41) is 4.03. The molecule has 29 heavy (non-hydrogen) atoms. The van der Waals surface area contributed by atoms with Crippen LogP contribution in [0.4, 0.5) is 0 Å². The number of nitrogens with zero attached hydrogens (tertiary/aromatic N) is 4. The van der Waals surface area contributed by atoms with E-state index >= 15 is 0 Å². The minimum Gasteiger partial charge on any atom is -0.338 e. The van der Waals surface area contributed by atoms with Crippen molar-refractivity contribution in [3.8, 4) is 5.69 Å². The van der Waals surface area contributed by atoms with E-state index in [2.05, 4.69) is 15.3 Å². The summed E-state index contributed by atoms with van der Waals surface area (Å²) in [6, 6.07) is 17.0. The predicted octanol–water partition coefficient (Wildman–Crippen LogP) is 3.85. The highest BCUT2D eigenvalue weighted by atomic mass is 32.2. The number of thioether (sulfide) groups is 1. The van der Waals surface area contributed by atoms with E-state index in [-0.39, 0.29) is 11.9 Å². The van der Waals surface area contributed by atoms with Crippen LogP contribution in [0.5, 0.6) is 0 Å². The highest BCUT2D eigenvalue weighted by Gasteiger charge is 2.21. The SMILES string of the molecule is CSc1nccn1-c1ccc(C(=O)NC(c2ccccc2)c2nccn2C)cc1. The molecule has 6 nitrogen and oxygen atoms in total. The maximum absolute atomic E-state index is 13.0.